The van der Waals surface area contributed by atoms with Gasteiger partial charge < -0.3 is 9.47 Å². The van der Waals surface area contributed by atoms with Gasteiger partial charge in [-0.1, -0.05) is 33.8 Å². The standard InChI is InChI=1S/C20H19BrN4O3S/c1-4-28-16-9-11(5-8-15(16)27-2)18-22-14-7-6-12(21)10-13(14)17-19(26)23-20(29-3)24-25(17)18/h5-10,18H,4H2,1-3H3,(H,23,24,26)/t18-/m0/s1. The lowest BCUT2D eigenvalue weighted by Crippen LogP contribution is -2.50. The number of hydrogen-bond acceptors (Lipinski definition) is 7. The highest BCUT2D eigenvalue weighted by atomic mass is 79.9. The first-order chi connectivity index (χ1) is 14.0. The van der Waals surface area contributed by atoms with E-state index in [0.717, 1.165) is 20.6 Å². The second kappa shape index (κ2) is 8.08. The number of ether oxygens (including phenoxy) is 2. The Hall–Kier alpha value is -2.52. The van der Waals surface area contributed by atoms with Gasteiger partial charge in [0.1, 0.15) is 5.70 Å². The number of halogens is 1. The summed E-state index contributed by atoms with van der Waals surface area (Å²) in [6.07, 6.45) is 1.36. The lowest BCUT2D eigenvalue weighted by Gasteiger charge is -2.34. The first kappa shape index (κ1) is 19.8. The van der Waals surface area contributed by atoms with Crippen molar-refractivity contribution in [2.75, 3.05) is 20.0 Å². The van der Waals surface area contributed by atoms with Crippen molar-refractivity contribution in [3.63, 3.8) is 0 Å². The van der Waals surface area contributed by atoms with Gasteiger partial charge in [0.25, 0.3) is 5.91 Å². The Morgan fingerprint density at radius 3 is 2.79 bits per heavy atom. The van der Waals surface area contributed by atoms with Crippen molar-refractivity contribution < 1.29 is 14.3 Å². The molecule has 0 unspecified atom stereocenters. The summed E-state index contributed by atoms with van der Waals surface area (Å²) in [5.74, 6) is 1.06. The minimum absolute atomic E-state index is 0.206. The maximum Gasteiger partial charge on any atom is 0.276 e. The van der Waals surface area contributed by atoms with E-state index >= 15 is 0 Å². The number of amidine groups is 1. The van der Waals surface area contributed by atoms with E-state index in [0.29, 0.717) is 29.0 Å². The quantitative estimate of drug-likeness (QED) is 0.735. The number of thioether (sulfide) groups is 1. The summed E-state index contributed by atoms with van der Waals surface area (Å²) < 4.78 is 12.0. The molecule has 2 aliphatic rings. The van der Waals surface area contributed by atoms with Crippen LogP contribution < -0.4 is 25.4 Å². The first-order valence-corrected chi connectivity index (χ1v) is 11.0. The molecule has 0 spiro atoms. The number of hydrazone groups is 1. The molecule has 150 valence electrons. The summed E-state index contributed by atoms with van der Waals surface area (Å²) in [5, 5.41) is 11.1. The monoisotopic (exact) mass is 474 g/mol. The molecule has 4 rings (SSSR count). The molecule has 1 amide bonds. The van der Waals surface area contributed by atoms with Gasteiger partial charge in [0.05, 0.1) is 19.1 Å². The number of methoxy groups -OCH3 is 1. The van der Waals surface area contributed by atoms with Crippen LogP contribution in [0.1, 0.15) is 18.7 Å². The Labute approximate surface area is 180 Å². The van der Waals surface area contributed by atoms with Crippen molar-refractivity contribution in [1.29, 1.82) is 0 Å². The maximum atomic E-state index is 12.9. The number of carbonyl (C=O) groups excluding carboxylic acids is 1. The Balaban J connectivity index is 1.94. The molecule has 29 heavy (non-hydrogen) atoms. The van der Waals surface area contributed by atoms with Crippen molar-refractivity contribution in [2.45, 2.75) is 13.1 Å². The van der Waals surface area contributed by atoms with Crippen LogP contribution in [0.3, 0.4) is 0 Å². The van der Waals surface area contributed by atoms with E-state index in [2.05, 4.69) is 26.3 Å². The van der Waals surface area contributed by atoms with E-state index in [9.17, 15) is 4.79 Å². The minimum Gasteiger partial charge on any atom is -0.493 e. The highest BCUT2D eigenvalue weighted by molar-refractivity contribution is 9.10. The molecule has 0 fully saturated rings. The van der Waals surface area contributed by atoms with Gasteiger partial charge in [-0.3, -0.25) is 15.1 Å². The molecule has 2 aliphatic heterocycles. The molecule has 0 saturated carbocycles. The van der Waals surface area contributed by atoms with Gasteiger partial charge in [-0.2, -0.15) is 0 Å². The number of nitrogens with one attached hydrogen (secondary N) is 1. The molecule has 2 heterocycles. The second-order valence-corrected chi connectivity index (χ2v) is 7.97. The lowest BCUT2D eigenvalue weighted by atomic mass is 10.1. The fraction of sp³-hybridized carbons (Fsp3) is 0.250. The number of fused-ring (bicyclic) bond motifs is 2. The summed E-state index contributed by atoms with van der Waals surface area (Å²) >= 11 is 4.85. The van der Waals surface area contributed by atoms with Crippen LogP contribution in [-0.4, -0.2) is 36.1 Å². The highest BCUT2D eigenvalue weighted by Gasteiger charge is 2.34. The number of benzene rings is 2. The van der Waals surface area contributed by atoms with Crippen molar-refractivity contribution in [3.8, 4) is 11.5 Å². The van der Waals surface area contributed by atoms with Crippen LogP contribution in [-0.2, 0) is 4.79 Å². The molecule has 1 atom stereocenters. The first-order valence-electron chi connectivity index (χ1n) is 8.97. The minimum atomic E-state index is -0.503. The Kier molecular flexibility index (Phi) is 5.51. The predicted octanol–water partition coefficient (Wildman–Crippen LogP) is 2.36. The highest BCUT2D eigenvalue weighted by Crippen LogP contribution is 2.36. The topological polar surface area (TPSA) is 75.5 Å². The van der Waals surface area contributed by atoms with Crippen LogP contribution in [0.4, 0.5) is 0 Å². The summed E-state index contributed by atoms with van der Waals surface area (Å²) in [7, 11) is 1.60. The summed E-state index contributed by atoms with van der Waals surface area (Å²) in [4.78, 5) is 17.8. The number of rotatable bonds is 4. The number of hydrogen-bond donors (Lipinski definition) is 1. The zero-order chi connectivity index (χ0) is 20.5. The third-order valence-corrected chi connectivity index (χ3v) is 5.61. The number of amides is 1. The Morgan fingerprint density at radius 2 is 2.07 bits per heavy atom. The smallest absolute Gasteiger partial charge is 0.276 e. The molecule has 1 N–H and O–H groups in total. The van der Waals surface area contributed by atoms with Gasteiger partial charge in [0.2, 0.25) is 0 Å². The third-order valence-electron chi connectivity index (χ3n) is 4.55. The van der Waals surface area contributed by atoms with Crippen molar-refractivity contribution in [1.82, 2.24) is 10.3 Å². The molecule has 0 bridgehead atoms. The van der Waals surface area contributed by atoms with Crippen molar-refractivity contribution in [2.24, 2.45) is 10.1 Å². The van der Waals surface area contributed by atoms with Crippen molar-refractivity contribution in [3.05, 3.63) is 57.0 Å². The molecule has 0 aromatic heterocycles. The zero-order valence-electron chi connectivity index (χ0n) is 16.1. The Bertz CT molecular complexity index is 1140. The average molecular weight is 475 g/mol. The average Bonchev–Trinajstić information content (AvgIpc) is 2.73. The van der Waals surface area contributed by atoms with Crippen LogP contribution in [0.2, 0.25) is 0 Å². The van der Waals surface area contributed by atoms with E-state index in [1.807, 2.05) is 49.6 Å². The van der Waals surface area contributed by atoms with Gasteiger partial charge in [0, 0.05) is 15.3 Å². The molecule has 0 aliphatic carbocycles. The molecule has 2 aromatic carbocycles. The van der Waals surface area contributed by atoms with Gasteiger partial charge in [-0.15, -0.1) is 5.10 Å². The van der Waals surface area contributed by atoms with Crippen LogP contribution in [0, 0.1) is 0 Å². The largest absolute Gasteiger partial charge is 0.493 e. The number of nitrogens with zero attached hydrogens (tertiary/aromatic N) is 3. The maximum absolute atomic E-state index is 12.9. The molecule has 9 heteroatoms. The van der Waals surface area contributed by atoms with E-state index in [4.69, 9.17) is 14.5 Å². The van der Waals surface area contributed by atoms with Gasteiger partial charge in [-0.25, -0.2) is 5.01 Å². The molecular formula is C20H19BrN4O3S. The van der Waals surface area contributed by atoms with E-state index in [-0.39, 0.29) is 5.91 Å². The van der Waals surface area contributed by atoms with E-state index in [1.54, 1.807) is 12.1 Å². The van der Waals surface area contributed by atoms with E-state index < -0.39 is 6.17 Å². The van der Waals surface area contributed by atoms with Crippen LogP contribution in [0.25, 0.3) is 5.70 Å². The summed E-state index contributed by atoms with van der Waals surface area (Å²) in [5.41, 5.74) is 1.31. The molecule has 0 saturated heterocycles. The molecule has 7 nitrogen and oxygen atoms in total. The third kappa shape index (κ3) is 3.60. The van der Waals surface area contributed by atoms with Gasteiger partial charge >= 0.3 is 0 Å². The van der Waals surface area contributed by atoms with Gasteiger partial charge in [0.15, 0.2) is 22.8 Å². The predicted molar refractivity (Wildman–Crippen MR) is 116 cm³/mol. The van der Waals surface area contributed by atoms with E-state index in [1.165, 1.54) is 11.8 Å². The van der Waals surface area contributed by atoms with Gasteiger partial charge in [-0.05, 0) is 43.5 Å². The lowest BCUT2D eigenvalue weighted by molar-refractivity contribution is -0.116. The molecule has 2 aromatic rings. The fourth-order valence-corrected chi connectivity index (χ4v) is 4.01. The summed E-state index contributed by atoms with van der Waals surface area (Å²) in [6.45, 7) is 2.43. The van der Waals surface area contributed by atoms with Crippen LogP contribution >= 0.6 is 27.7 Å². The van der Waals surface area contributed by atoms with Crippen LogP contribution in [0.5, 0.6) is 11.5 Å². The number of carbonyl (C=O) groups is 1. The zero-order valence-corrected chi connectivity index (χ0v) is 18.5. The fourth-order valence-electron chi connectivity index (χ4n) is 3.28. The SMILES string of the molecule is CCOc1cc([C@H]2N=c3ccc(Br)cc3=C3C(=O)NC(SC)=NN32)ccc1OC. The molecule has 0 radical (unpaired) electrons. The van der Waals surface area contributed by atoms with Crippen LogP contribution in [0.15, 0.2) is 51.0 Å². The second-order valence-electron chi connectivity index (χ2n) is 6.26. The Morgan fingerprint density at radius 1 is 1.24 bits per heavy atom. The summed E-state index contributed by atoms with van der Waals surface area (Å²) in [6, 6.07) is 11.3. The molecular weight excluding hydrogens is 456 g/mol. The van der Waals surface area contributed by atoms with Crippen molar-refractivity contribution >= 4 is 44.5 Å². The normalized spacial score (nSPS) is 17.6.